The van der Waals surface area contributed by atoms with Gasteiger partial charge in [0.1, 0.15) is 5.82 Å². The Balaban J connectivity index is 0.00000196. The van der Waals surface area contributed by atoms with Crippen molar-refractivity contribution in [1.29, 1.82) is 0 Å². The zero-order valence-electron chi connectivity index (χ0n) is 8.30. The average molecular weight is 253 g/mol. The van der Waals surface area contributed by atoms with Crippen molar-refractivity contribution in [3.63, 3.8) is 0 Å². The van der Waals surface area contributed by atoms with Crippen molar-refractivity contribution in [3.05, 3.63) is 34.6 Å². The molecule has 5 heteroatoms. The van der Waals surface area contributed by atoms with E-state index in [1.807, 2.05) is 0 Å². The Labute approximate surface area is 99.9 Å². The van der Waals surface area contributed by atoms with Gasteiger partial charge in [0.25, 0.3) is 0 Å². The van der Waals surface area contributed by atoms with E-state index in [9.17, 15) is 4.39 Å². The van der Waals surface area contributed by atoms with Crippen molar-refractivity contribution < 1.29 is 21.9 Å². The fourth-order valence-corrected chi connectivity index (χ4v) is 1.34. The van der Waals surface area contributed by atoms with Crippen molar-refractivity contribution in [2.75, 3.05) is 6.54 Å². The Morgan fingerprint density at radius 1 is 1.53 bits per heavy atom. The van der Waals surface area contributed by atoms with Crippen molar-refractivity contribution >= 4 is 11.6 Å². The first-order valence-corrected chi connectivity index (χ1v) is 4.80. The topological polar surface area (TPSA) is 32.3 Å². The van der Waals surface area contributed by atoms with Crippen molar-refractivity contribution in [1.82, 2.24) is 5.32 Å². The first-order chi connectivity index (χ1) is 6.61. The van der Waals surface area contributed by atoms with Gasteiger partial charge >= 0.3 is 0 Å². The number of aliphatic hydroxyl groups excluding tert-OH is 1. The second-order valence-electron chi connectivity index (χ2n) is 3.18. The summed E-state index contributed by atoms with van der Waals surface area (Å²) in [4.78, 5) is 0. The highest BCUT2D eigenvalue weighted by atomic mass is 35.5. The van der Waals surface area contributed by atoms with Gasteiger partial charge in [0.05, 0.1) is 6.10 Å². The summed E-state index contributed by atoms with van der Waals surface area (Å²) in [5.41, 5.74) is 0.440. The predicted molar refractivity (Wildman–Crippen MR) is 54.8 cm³/mol. The molecule has 0 heterocycles. The number of rotatable bonds is 4. The summed E-state index contributed by atoms with van der Waals surface area (Å²) in [6.45, 7) is 2.41. The molecule has 0 amide bonds. The fraction of sp³-hybridized carbons (Fsp3) is 0.400. The Hall–Kier alpha value is -0.350. The molecule has 0 radical (unpaired) electrons. The largest absolute Gasteiger partial charge is 1.00 e. The van der Waals surface area contributed by atoms with Gasteiger partial charge in [0, 0.05) is 23.7 Å². The number of halogens is 3. The lowest BCUT2D eigenvalue weighted by Crippen LogP contribution is -3.00. The third-order valence-corrected chi connectivity index (χ3v) is 2.16. The molecule has 2 N–H and O–H groups in total. The van der Waals surface area contributed by atoms with Gasteiger partial charge in [-0.25, -0.2) is 4.39 Å². The summed E-state index contributed by atoms with van der Waals surface area (Å²) in [5.74, 6) is -0.324. The van der Waals surface area contributed by atoms with Gasteiger partial charge in [0.2, 0.25) is 0 Å². The van der Waals surface area contributed by atoms with Crippen LogP contribution in [0.15, 0.2) is 18.2 Å². The molecule has 1 unspecified atom stereocenters. The molecule has 1 rings (SSSR count). The van der Waals surface area contributed by atoms with Crippen LogP contribution in [-0.4, -0.2) is 17.8 Å². The minimum atomic E-state index is -0.444. The van der Waals surface area contributed by atoms with Crippen LogP contribution in [0.5, 0.6) is 0 Å². The lowest BCUT2D eigenvalue weighted by molar-refractivity contribution is -0.00000561. The van der Waals surface area contributed by atoms with E-state index in [1.165, 1.54) is 6.07 Å². The number of nitrogens with one attached hydrogen (secondary N) is 1. The molecule has 0 saturated carbocycles. The van der Waals surface area contributed by atoms with Crippen LogP contribution in [-0.2, 0) is 6.54 Å². The van der Waals surface area contributed by atoms with Gasteiger partial charge in [-0.05, 0) is 19.1 Å². The molecule has 0 aliphatic rings. The molecule has 0 aliphatic heterocycles. The van der Waals surface area contributed by atoms with Crippen molar-refractivity contribution in [2.24, 2.45) is 0 Å². The van der Waals surface area contributed by atoms with Gasteiger partial charge < -0.3 is 22.8 Å². The Morgan fingerprint density at radius 2 is 2.20 bits per heavy atom. The van der Waals surface area contributed by atoms with Crippen LogP contribution in [0.25, 0.3) is 0 Å². The minimum Gasteiger partial charge on any atom is -1.00 e. The molecule has 0 spiro atoms. The molecule has 1 aromatic rings. The molecule has 0 saturated heterocycles. The maximum absolute atomic E-state index is 13.2. The van der Waals surface area contributed by atoms with E-state index in [4.69, 9.17) is 16.7 Å². The van der Waals surface area contributed by atoms with Crippen LogP contribution < -0.4 is 17.7 Å². The van der Waals surface area contributed by atoms with Crippen LogP contribution in [0.1, 0.15) is 12.5 Å². The van der Waals surface area contributed by atoms with Gasteiger partial charge in [-0.2, -0.15) is 0 Å². The molecular weight excluding hydrogens is 240 g/mol. The summed E-state index contributed by atoms with van der Waals surface area (Å²) in [6.07, 6.45) is -0.444. The van der Waals surface area contributed by atoms with Crippen LogP contribution >= 0.6 is 11.6 Å². The highest BCUT2D eigenvalue weighted by Crippen LogP contribution is 2.18. The lowest BCUT2D eigenvalue weighted by atomic mass is 10.2. The molecule has 0 aromatic heterocycles. The van der Waals surface area contributed by atoms with E-state index in [0.717, 1.165) is 0 Å². The number of aliphatic hydroxyl groups is 1. The monoisotopic (exact) mass is 252 g/mol. The first-order valence-electron chi connectivity index (χ1n) is 4.43. The molecule has 0 bridgehead atoms. The standard InChI is InChI=1S/C10H13ClFNO.ClH/c1-7(14)5-13-6-8-9(11)3-2-4-10(8)12;/h2-4,7,13-14H,5-6H2,1H3;1H/p-1. The molecule has 1 aromatic carbocycles. The van der Waals surface area contributed by atoms with Gasteiger partial charge in [-0.15, -0.1) is 0 Å². The normalized spacial score (nSPS) is 12.0. The summed E-state index contributed by atoms with van der Waals surface area (Å²) in [6, 6.07) is 4.57. The smallest absolute Gasteiger partial charge is 0.129 e. The second kappa shape index (κ2) is 7.01. The van der Waals surface area contributed by atoms with Crippen molar-refractivity contribution in [3.8, 4) is 0 Å². The number of hydrogen-bond acceptors (Lipinski definition) is 2. The van der Waals surface area contributed by atoms with Gasteiger partial charge in [-0.3, -0.25) is 0 Å². The third kappa shape index (κ3) is 4.80. The van der Waals surface area contributed by atoms with E-state index in [2.05, 4.69) is 5.32 Å². The highest BCUT2D eigenvalue weighted by Gasteiger charge is 2.06. The molecule has 0 fully saturated rings. The summed E-state index contributed by atoms with van der Waals surface area (Å²) < 4.78 is 13.2. The summed E-state index contributed by atoms with van der Waals surface area (Å²) >= 11 is 5.80. The maximum Gasteiger partial charge on any atom is 0.129 e. The van der Waals surface area contributed by atoms with Crippen molar-refractivity contribution in [2.45, 2.75) is 19.6 Å². The fourth-order valence-electron chi connectivity index (χ4n) is 1.11. The van der Waals surface area contributed by atoms with Gasteiger partial charge in [0.15, 0.2) is 0 Å². The molecule has 15 heavy (non-hydrogen) atoms. The lowest BCUT2D eigenvalue weighted by Gasteiger charge is -2.08. The minimum absolute atomic E-state index is 0. The van der Waals surface area contributed by atoms with Crippen LogP contribution in [0, 0.1) is 5.82 Å². The van der Waals surface area contributed by atoms with Crippen LogP contribution in [0.3, 0.4) is 0 Å². The molecule has 1 atom stereocenters. The molecular formula is C10H13Cl2FNO-. The van der Waals surface area contributed by atoms with E-state index < -0.39 is 6.10 Å². The molecule has 0 aliphatic carbocycles. The first kappa shape index (κ1) is 14.6. The van der Waals surface area contributed by atoms with E-state index >= 15 is 0 Å². The van der Waals surface area contributed by atoms with Crippen LogP contribution in [0.4, 0.5) is 4.39 Å². The van der Waals surface area contributed by atoms with E-state index in [-0.39, 0.29) is 18.2 Å². The molecule has 86 valence electrons. The zero-order valence-corrected chi connectivity index (χ0v) is 9.82. The summed E-state index contributed by atoms with van der Waals surface area (Å²) in [5, 5.41) is 12.3. The van der Waals surface area contributed by atoms with E-state index in [0.29, 0.717) is 23.7 Å². The second-order valence-corrected chi connectivity index (χ2v) is 3.59. The molecule has 2 nitrogen and oxygen atoms in total. The third-order valence-electron chi connectivity index (χ3n) is 1.80. The average Bonchev–Trinajstić information content (AvgIpc) is 2.09. The van der Waals surface area contributed by atoms with Crippen LogP contribution in [0.2, 0.25) is 5.02 Å². The highest BCUT2D eigenvalue weighted by molar-refractivity contribution is 6.31. The summed E-state index contributed by atoms with van der Waals surface area (Å²) in [7, 11) is 0. The zero-order chi connectivity index (χ0) is 10.6. The predicted octanol–water partition coefficient (Wildman–Crippen LogP) is -1.05. The van der Waals surface area contributed by atoms with E-state index in [1.54, 1.807) is 19.1 Å². The quantitative estimate of drug-likeness (QED) is 0.718. The Kier molecular flexibility index (Phi) is 6.85. The Bertz CT molecular complexity index is 287. The SMILES string of the molecule is CC(O)CNCc1c(F)cccc1Cl.[Cl-]. The number of hydrogen-bond donors (Lipinski definition) is 2. The van der Waals surface area contributed by atoms with Gasteiger partial charge in [-0.1, -0.05) is 17.7 Å². The maximum atomic E-state index is 13.2. The number of benzene rings is 1. The Morgan fingerprint density at radius 3 is 2.73 bits per heavy atom.